The summed E-state index contributed by atoms with van der Waals surface area (Å²) in [6.45, 7) is 2.94. The molecule has 0 saturated carbocycles. The standard InChI is InChI=1S/C13H21ClN2O2S/c1-3-8-15-12(7-5-10-19(2,17)18)13-11(14)6-4-9-16-13/h4,6,9,12,15H,3,5,7-8,10H2,1-2H3. The van der Waals surface area contributed by atoms with Crippen LogP contribution in [0.25, 0.3) is 0 Å². The Morgan fingerprint density at radius 1 is 1.47 bits per heavy atom. The van der Waals surface area contributed by atoms with E-state index < -0.39 is 9.84 Å². The van der Waals surface area contributed by atoms with Crippen molar-refractivity contribution < 1.29 is 8.42 Å². The van der Waals surface area contributed by atoms with Crippen molar-refractivity contribution in [2.24, 2.45) is 0 Å². The molecule has 0 amide bonds. The fourth-order valence-electron chi connectivity index (χ4n) is 1.86. The topological polar surface area (TPSA) is 59.1 Å². The molecule has 0 aromatic carbocycles. The van der Waals surface area contributed by atoms with Crippen molar-refractivity contribution in [3.05, 3.63) is 29.0 Å². The SMILES string of the molecule is CCCNC(CCCS(C)(=O)=O)c1ncccc1Cl. The minimum Gasteiger partial charge on any atom is -0.309 e. The second-order valence-corrected chi connectivity index (χ2v) is 7.32. The molecule has 4 nitrogen and oxygen atoms in total. The summed E-state index contributed by atoms with van der Waals surface area (Å²) in [7, 11) is -2.91. The Kier molecular flexibility index (Phi) is 6.75. The molecule has 1 aromatic heterocycles. The molecule has 1 aromatic rings. The third-order valence-electron chi connectivity index (χ3n) is 2.77. The van der Waals surface area contributed by atoms with Crippen LogP contribution in [0.4, 0.5) is 0 Å². The van der Waals surface area contributed by atoms with Gasteiger partial charge in [0.2, 0.25) is 0 Å². The first-order chi connectivity index (χ1) is 8.94. The van der Waals surface area contributed by atoms with Crippen molar-refractivity contribution in [2.45, 2.75) is 32.2 Å². The molecule has 0 spiro atoms. The van der Waals surface area contributed by atoms with Crippen molar-refractivity contribution in [3.63, 3.8) is 0 Å². The number of halogens is 1. The van der Waals surface area contributed by atoms with Gasteiger partial charge in [-0.3, -0.25) is 4.98 Å². The van der Waals surface area contributed by atoms with Gasteiger partial charge in [-0.15, -0.1) is 0 Å². The molecule has 0 bridgehead atoms. The fraction of sp³-hybridized carbons (Fsp3) is 0.615. The van der Waals surface area contributed by atoms with Gasteiger partial charge in [-0.05, 0) is 37.9 Å². The van der Waals surface area contributed by atoms with Crippen molar-refractivity contribution >= 4 is 21.4 Å². The van der Waals surface area contributed by atoms with Gasteiger partial charge in [0.1, 0.15) is 9.84 Å². The van der Waals surface area contributed by atoms with E-state index >= 15 is 0 Å². The Balaban J connectivity index is 2.69. The molecule has 1 N–H and O–H groups in total. The Morgan fingerprint density at radius 2 is 2.21 bits per heavy atom. The van der Waals surface area contributed by atoms with E-state index in [-0.39, 0.29) is 11.8 Å². The molecular formula is C13H21ClN2O2S. The van der Waals surface area contributed by atoms with Crippen molar-refractivity contribution in [1.29, 1.82) is 0 Å². The van der Waals surface area contributed by atoms with Crippen molar-refractivity contribution in [2.75, 3.05) is 18.6 Å². The number of hydrogen-bond donors (Lipinski definition) is 1. The smallest absolute Gasteiger partial charge is 0.147 e. The maximum atomic E-state index is 11.2. The molecule has 0 aliphatic rings. The predicted molar refractivity (Wildman–Crippen MR) is 79.2 cm³/mol. The Bertz CT molecular complexity index is 491. The summed E-state index contributed by atoms with van der Waals surface area (Å²) < 4.78 is 22.3. The van der Waals surface area contributed by atoms with E-state index in [1.165, 1.54) is 6.26 Å². The van der Waals surface area contributed by atoms with Gasteiger partial charge in [0.05, 0.1) is 16.8 Å². The highest BCUT2D eigenvalue weighted by Crippen LogP contribution is 2.24. The lowest BCUT2D eigenvalue weighted by Gasteiger charge is -2.18. The van der Waals surface area contributed by atoms with Gasteiger partial charge in [0, 0.05) is 18.2 Å². The molecular weight excluding hydrogens is 284 g/mol. The molecule has 0 aliphatic carbocycles. The number of pyridine rings is 1. The molecule has 0 aliphatic heterocycles. The molecule has 0 fully saturated rings. The first-order valence-corrected chi connectivity index (χ1v) is 8.89. The van der Waals surface area contributed by atoms with Gasteiger partial charge in [-0.1, -0.05) is 18.5 Å². The van der Waals surface area contributed by atoms with Gasteiger partial charge < -0.3 is 5.32 Å². The minimum atomic E-state index is -2.91. The highest BCUT2D eigenvalue weighted by molar-refractivity contribution is 7.90. The monoisotopic (exact) mass is 304 g/mol. The maximum Gasteiger partial charge on any atom is 0.147 e. The number of nitrogens with zero attached hydrogens (tertiary/aromatic N) is 1. The summed E-state index contributed by atoms with van der Waals surface area (Å²) in [5.41, 5.74) is 0.797. The first-order valence-electron chi connectivity index (χ1n) is 6.45. The molecule has 1 atom stereocenters. The third kappa shape index (κ3) is 6.36. The Hall–Kier alpha value is -0.650. The zero-order chi connectivity index (χ0) is 14.3. The van der Waals surface area contributed by atoms with Crippen LogP contribution in [0.3, 0.4) is 0 Å². The number of rotatable bonds is 8. The van der Waals surface area contributed by atoms with Gasteiger partial charge in [-0.25, -0.2) is 8.42 Å². The highest BCUT2D eigenvalue weighted by Gasteiger charge is 2.16. The van der Waals surface area contributed by atoms with Crippen LogP contribution >= 0.6 is 11.6 Å². The maximum absolute atomic E-state index is 11.2. The van der Waals surface area contributed by atoms with Gasteiger partial charge in [0.15, 0.2) is 0 Å². The van der Waals surface area contributed by atoms with Crippen LogP contribution in [0.15, 0.2) is 18.3 Å². The normalized spacial score (nSPS) is 13.4. The molecule has 1 unspecified atom stereocenters. The average Bonchev–Trinajstić information content (AvgIpc) is 2.33. The predicted octanol–water partition coefficient (Wildman–Crippen LogP) is 2.60. The van der Waals surface area contributed by atoms with Gasteiger partial charge >= 0.3 is 0 Å². The zero-order valence-corrected chi connectivity index (χ0v) is 13.0. The van der Waals surface area contributed by atoms with Crippen molar-refractivity contribution in [3.8, 4) is 0 Å². The van der Waals surface area contributed by atoms with E-state index in [4.69, 9.17) is 11.6 Å². The summed E-state index contributed by atoms with van der Waals surface area (Å²) >= 11 is 6.15. The highest BCUT2D eigenvalue weighted by atomic mass is 35.5. The van der Waals surface area contributed by atoms with E-state index in [9.17, 15) is 8.42 Å². The molecule has 1 heterocycles. The van der Waals surface area contributed by atoms with Crippen LogP contribution in [0, 0.1) is 0 Å². The van der Waals surface area contributed by atoms with E-state index in [1.54, 1.807) is 18.3 Å². The lowest BCUT2D eigenvalue weighted by atomic mass is 10.1. The van der Waals surface area contributed by atoms with Gasteiger partial charge in [-0.2, -0.15) is 0 Å². The molecule has 6 heteroatoms. The summed E-state index contributed by atoms with van der Waals surface area (Å²) in [6, 6.07) is 3.61. The lowest BCUT2D eigenvalue weighted by molar-refractivity contribution is 0.483. The number of nitrogens with one attached hydrogen (secondary N) is 1. The Labute approximate surface area is 120 Å². The Morgan fingerprint density at radius 3 is 2.79 bits per heavy atom. The third-order valence-corrected chi connectivity index (χ3v) is 4.12. The van der Waals surface area contributed by atoms with E-state index in [0.717, 1.165) is 18.7 Å². The van der Waals surface area contributed by atoms with E-state index in [0.29, 0.717) is 17.9 Å². The molecule has 0 radical (unpaired) electrons. The molecule has 0 saturated heterocycles. The summed E-state index contributed by atoms with van der Waals surface area (Å²) in [6.07, 6.45) is 5.29. The lowest BCUT2D eigenvalue weighted by Crippen LogP contribution is -2.24. The second-order valence-electron chi connectivity index (χ2n) is 4.65. The van der Waals surface area contributed by atoms with Crippen LogP contribution in [0.5, 0.6) is 0 Å². The number of sulfone groups is 1. The molecule has 108 valence electrons. The average molecular weight is 305 g/mol. The quantitative estimate of drug-likeness (QED) is 0.802. The summed E-state index contributed by atoms with van der Waals surface area (Å²) in [4.78, 5) is 4.30. The van der Waals surface area contributed by atoms with Gasteiger partial charge in [0.25, 0.3) is 0 Å². The van der Waals surface area contributed by atoms with Crippen LogP contribution in [0.2, 0.25) is 5.02 Å². The van der Waals surface area contributed by atoms with Crippen LogP contribution < -0.4 is 5.32 Å². The number of hydrogen-bond acceptors (Lipinski definition) is 4. The molecule has 1 rings (SSSR count). The zero-order valence-electron chi connectivity index (χ0n) is 11.4. The van der Waals surface area contributed by atoms with E-state index in [1.807, 2.05) is 0 Å². The van der Waals surface area contributed by atoms with Crippen LogP contribution in [0.1, 0.15) is 37.9 Å². The minimum absolute atomic E-state index is 0.00963. The fourth-order valence-corrected chi connectivity index (χ4v) is 2.80. The van der Waals surface area contributed by atoms with Crippen LogP contribution in [-0.4, -0.2) is 32.0 Å². The van der Waals surface area contributed by atoms with E-state index in [2.05, 4.69) is 17.2 Å². The summed E-state index contributed by atoms with van der Waals surface area (Å²) in [5.74, 6) is 0.196. The largest absolute Gasteiger partial charge is 0.309 e. The van der Waals surface area contributed by atoms with Crippen LogP contribution in [-0.2, 0) is 9.84 Å². The van der Waals surface area contributed by atoms with Crippen molar-refractivity contribution in [1.82, 2.24) is 10.3 Å². The number of aromatic nitrogens is 1. The summed E-state index contributed by atoms with van der Waals surface area (Å²) in [5, 5.41) is 3.99. The molecule has 19 heavy (non-hydrogen) atoms. The first kappa shape index (κ1) is 16.4. The second kappa shape index (κ2) is 7.82.